The molecule has 0 saturated heterocycles. The highest BCUT2D eigenvalue weighted by Gasteiger charge is 1.58. The van der Waals surface area contributed by atoms with E-state index in [1.54, 1.807) is 43.5 Å². The number of rotatable bonds is 0. The van der Waals surface area contributed by atoms with Crippen molar-refractivity contribution in [1.29, 1.82) is 0 Å². The molecule has 3 rings (SSSR count). The van der Waals surface area contributed by atoms with Gasteiger partial charge in [-0.2, -0.15) is 5.10 Å². The van der Waals surface area contributed by atoms with Gasteiger partial charge >= 0.3 is 0 Å². The van der Waals surface area contributed by atoms with Gasteiger partial charge in [-0.15, -0.1) is 0 Å². The number of nitrogens with zero attached hydrogens (tertiary/aromatic N) is 3. The number of imidazole rings is 1. The van der Waals surface area contributed by atoms with E-state index in [1.165, 1.54) is 0 Å². The number of hydrogen-bond acceptors (Lipinski definition) is 3. The third-order valence-electron chi connectivity index (χ3n) is 1.38. The summed E-state index contributed by atoms with van der Waals surface area (Å²) < 4.78 is 0. The normalized spacial score (nSPS) is 8.00. The van der Waals surface area contributed by atoms with E-state index in [0.29, 0.717) is 0 Å². The van der Waals surface area contributed by atoms with Crippen molar-refractivity contribution in [2.75, 3.05) is 0 Å². The molecular weight excluding hydrogens is 202 g/mol. The van der Waals surface area contributed by atoms with Crippen LogP contribution in [0.25, 0.3) is 0 Å². The van der Waals surface area contributed by atoms with Gasteiger partial charge in [0, 0.05) is 37.2 Å². The average Bonchev–Trinajstić information content (AvgIpc) is 3.10. The zero-order chi connectivity index (χ0) is 11.3. The second kappa shape index (κ2) is 9.14. The molecule has 5 heteroatoms. The Morgan fingerprint density at radius 2 is 1.56 bits per heavy atom. The summed E-state index contributed by atoms with van der Waals surface area (Å²) in [6, 6.07) is 7.55. The molecule has 0 spiro atoms. The summed E-state index contributed by atoms with van der Waals surface area (Å²) in [5, 5.41) is 6.21. The molecule has 0 bridgehead atoms. The van der Waals surface area contributed by atoms with Crippen LogP contribution in [0, 0.1) is 0 Å². The van der Waals surface area contributed by atoms with Gasteiger partial charge in [-0.25, -0.2) is 4.98 Å². The van der Waals surface area contributed by atoms with Crippen molar-refractivity contribution in [2.24, 2.45) is 0 Å². The monoisotopic (exact) mass is 215 g/mol. The zero-order valence-corrected chi connectivity index (χ0v) is 8.69. The van der Waals surface area contributed by atoms with E-state index < -0.39 is 0 Å². The molecule has 0 aliphatic rings. The van der Waals surface area contributed by atoms with E-state index in [0.717, 1.165) is 0 Å². The van der Waals surface area contributed by atoms with Crippen molar-refractivity contribution >= 4 is 0 Å². The second-order valence-electron chi connectivity index (χ2n) is 2.55. The first-order valence-corrected chi connectivity index (χ1v) is 4.71. The number of pyridine rings is 1. The lowest BCUT2D eigenvalue weighted by molar-refractivity contribution is 1.09. The summed E-state index contributed by atoms with van der Waals surface area (Å²) in [6.07, 6.45) is 12.0. The molecule has 3 aromatic heterocycles. The maximum absolute atomic E-state index is 3.78. The lowest BCUT2D eigenvalue weighted by Gasteiger charge is -1.70. The quantitative estimate of drug-likeness (QED) is 0.601. The predicted molar refractivity (Wildman–Crippen MR) is 61.4 cm³/mol. The van der Waals surface area contributed by atoms with Crippen LogP contribution in [-0.2, 0) is 0 Å². The maximum atomic E-state index is 3.78. The Morgan fingerprint density at radius 1 is 0.688 bits per heavy atom. The Balaban J connectivity index is 0.000000121. The molecule has 2 N–H and O–H groups in total. The number of nitrogens with one attached hydrogen (secondary N) is 2. The van der Waals surface area contributed by atoms with Gasteiger partial charge in [0.2, 0.25) is 0 Å². The van der Waals surface area contributed by atoms with E-state index in [9.17, 15) is 0 Å². The van der Waals surface area contributed by atoms with Crippen LogP contribution in [0.4, 0.5) is 0 Å². The lowest BCUT2D eigenvalue weighted by Crippen LogP contribution is -1.58. The van der Waals surface area contributed by atoms with Crippen LogP contribution in [-0.4, -0.2) is 25.1 Å². The molecule has 82 valence electrons. The molecule has 5 nitrogen and oxygen atoms in total. The highest BCUT2D eigenvalue weighted by Crippen LogP contribution is 1.73. The van der Waals surface area contributed by atoms with Gasteiger partial charge in [0.25, 0.3) is 0 Å². The molecule has 16 heavy (non-hydrogen) atoms. The Labute approximate surface area is 93.6 Å². The van der Waals surface area contributed by atoms with Crippen molar-refractivity contribution < 1.29 is 0 Å². The first-order chi connectivity index (χ1) is 8.00. The third kappa shape index (κ3) is 7.02. The minimum Gasteiger partial charge on any atom is -0.351 e. The summed E-state index contributed by atoms with van der Waals surface area (Å²) >= 11 is 0. The smallest absolute Gasteiger partial charge is 0.0919 e. The van der Waals surface area contributed by atoms with Gasteiger partial charge in [-0.05, 0) is 18.2 Å². The van der Waals surface area contributed by atoms with Crippen LogP contribution in [0.3, 0.4) is 0 Å². The molecular formula is C11H13N5. The first kappa shape index (κ1) is 11.6. The largest absolute Gasteiger partial charge is 0.351 e. The van der Waals surface area contributed by atoms with Crippen molar-refractivity contribution in [3.63, 3.8) is 0 Å². The predicted octanol–water partition coefficient (Wildman–Crippen LogP) is 1.90. The fourth-order valence-corrected chi connectivity index (χ4v) is 0.743. The highest BCUT2D eigenvalue weighted by molar-refractivity contribution is 4.88. The van der Waals surface area contributed by atoms with Crippen LogP contribution in [0.2, 0.25) is 0 Å². The minimum atomic E-state index is 1.62. The van der Waals surface area contributed by atoms with Crippen LogP contribution in [0.1, 0.15) is 0 Å². The lowest BCUT2D eigenvalue weighted by atomic mass is 10.5. The molecule has 0 aliphatic carbocycles. The molecule has 0 aromatic carbocycles. The fourth-order valence-electron chi connectivity index (χ4n) is 0.743. The number of H-pyrrole nitrogens is 2. The molecule has 0 amide bonds. The van der Waals surface area contributed by atoms with Crippen molar-refractivity contribution in [1.82, 2.24) is 25.1 Å². The standard InChI is InChI=1S/C5H5N.2C3H4N2/c1-2-4-6-5-3-1;1-2-5-3-4-1;1-2-4-5-3-1/h1-5H;2*1-3H,(H,4,5). The number of aromatic nitrogens is 5. The second-order valence-corrected chi connectivity index (χ2v) is 2.55. The van der Waals surface area contributed by atoms with E-state index in [-0.39, 0.29) is 0 Å². The molecule has 0 aliphatic heterocycles. The van der Waals surface area contributed by atoms with Crippen LogP contribution < -0.4 is 0 Å². The van der Waals surface area contributed by atoms with Crippen molar-refractivity contribution in [2.45, 2.75) is 0 Å². The molecule has 3 heterocycles. The van der Waals surface area contributed by atoms with Crippen molar-refractivity contribution in [3.05, 3.63) is 67.8 Å². The Hall–Kier alpha value is -2.43. The Bertz CT molecular complexity index is 306. The molecule has 0 atom stereocenters. The van der Waals surface area contributed by atoms with Gasteiger partial charge < -0.3 is 4.98 Å². The number of hydrogen-bond donors (Lipinski definition) is 2. The summed E-state index contributed by atoms with van der Waals surface area (Å²) in [7, 11) is 0. The highest BCUT2D eigenvalue weighted by atomic mass is 15.1. The SMILES string of the molecule is c1c[nH]cn1.c1ccncc1.c1cn[nH]c1. The van der Waals surface area contributed by atoms with E-state index in [4.69, 9.17) is 0 Å². The minimum absolute atomic E-state index is 1.62. The molecule has 3 aromatic rings. The van der Waals surface area contributed by atoms with Crippen LogP contribution in [0.15, 0.2) is 67.8 Å². The zero-order valence-electron chi connectivity index (χ0n) is 8.69. The Kier molecular flexibility index (Phi) is 6.65. The van der Waals surface area contributed by atoms with Crippen molar-refractivity contribution in [3.8, 4) is 0 Å². The Morgan fingerprint density at radius 3 is 1.75 bits per heavy atom. The van der Waals surface area contributed by atoms with E-state index in [1.807, 2.05) is 24.3 Å². The van der Waals surface area contributed by atoms with Gasteiger partial charge in [-0.3, -0.25) is 10.1 Å². The van der Waals surface area contributed by atoms with Crippen LogP contribution in [0.5, 0.6) is 0 Å². The van der Waals surface area contributed by atoms with Gasteiger partial charge in [-0.1, -0.05) is 6.07 Å². The van der Waals surface area contributed by atoms with Crippen LogP contribution >= 0.6 is 0 Å². The molecule has 0 radical (unpaired) electrons. The summed E-state index contributed by atoms with van der Waals surface area (Å²) in [6.45, 7) is 0. The first-order valence-electron chi connectivity index (χ1n) is 4.71. The fraction of sp³-hybridized carbons (Fsp3) is 0. The van der Waals surface area contributed by atoms with E-state index >= 15 is 0 Å². The average molecular weight is 215 g/mol. The maximum Gasteiger partial charge on any atom is 0.0919 e. The summed E-state index contributed by atoms with van der Waals surface area (Å²) in [5.74, 6) is 0. The third-order valence-corrected chi connectivity index (χ3v) is 1.38. The molecule has 0 fully saturated rings. The topological polar surface area (TPSA) is 70.2 Å². The summed E-state index contributed by atoms with van der Waals surface area (Å²) in [5.41, 5.74) is 0. The molecule has 0 saturated carbocycles. The van der Waals surface area contributed by atoms with Gasteiger partial charge in [0.05, 0.1) is 6.33 Å². The van der Waals surface area contributed by atoms with Gasteiger partial charge in [0.1, 0.15) is 0 Å². The van der Waals surface area contributed by atoms with E-state index in [2.05, 4.69) is 25.1 Å². The van der Waals surface area contributed by atoms with Gasteiger partial charge in [0.15, 0.2) is 0 Å². The summed E-state index contributed by atoms with van der Waals surface area (Å²) in [4.78, 5) is 10.2. The number of aromatic amines is 2. The molecule has 0 unspecified atom stereocenters.